The minimum absolute atomic E-state index is 0.121. The second kappa shape index (κ2) is 3.60. The van der Waals surface area contributed by atoms with Gasteiger partial charge in [0.15, 0.2) is 5.78 Å². The third-order valence-corrected chi connectivity index (χ3v) is 3.71. The molecule has 1 aromatic heterocycles. The van der Waals surface area contributed by atoms with Crippen LogP contribution >= 0.6 is 11.3 Å². The van der Waals surface area contributed by atoms with Crippen molar-refractivity contribution in [3.8, 4) is 0 Å². The van der Waals surface area contributed by atoms with Gasteiger partial charge in [-0.1, -0.05) is 13.8 Å². The lowest BCUT2D eigenvalue weighted by molar-refractivity contribution is -0.116. The Bertz CT molecular complexity index is 423. The quantitative estimate of drug-likeness (QED) is 0.703. The number of allylic oxidation sites excluding steroid dienone is 2. The number of hydrogen-bond donors (Lipinski definition) is 0. The van der Waals surface area contributed by atoms with Gasteiger partial charge in [-0.15, -0.1) is 11.3 Å². The third kappa shape index (κ3) is 2.20. The van der Waals surface area contributed by atoms with E-state index in [1.54, 1.807) is 11.3 Å². The summed E-state index contributed by atoms with van der Waals surface area (Å²) in [5, 5.41) is 2.09. The molecule has 0 amide bonds. The number of carbonyl (C=O) groups excluding carboxylic acids is 1. The van der Waals surface area contributed by atoms with E-state index in [2.05, 4.69) is 32.2 Å². The highest BCUT2D eigenvalue weighted by Crippen LogP contribution is 2.39. The summed E-state index contributed by atoms with van der Waals surface area (Å²) in [7, 11) is 0. The minimum atomic E-state index is 0.121. The SMILES string of the molecule is Cc1sccc1C1=CC(=O)CC(C)(C)C1. The molecule has 0 aliphatic heterocycles. The molecule has 2 heteroatoms. The fourth-order valence-corrected chi connectivity index (χ4v) is 2.97. The first-order chi connectivity index (χ1) is 6.98. The summed E-state index contributed by atoms with van der Waals surface area (Å²) in [6.45, 7) is 6.45. The van der Waals surface area contributed by atoms with Crippen LogP contribution in [-0.2, 0) is 4.79 Å². The average molecular weight is 220 g/mol. The van der Waals surface area contributed by atoms with Crippen molar-refractivity contribution in [2.24, 2.45) is 5.41 Å². The van der Waals surface area contributed by atoms with Crippen molar-refractivity contribution < 1.29 is 4.79 Å². The highest BCUT2D eigenvalue weighted by atomic mass is 32.1. The van der Waals surface area contributed by atoms with Gasteiger partial charge in [0.2, 0.25) is 0 Å². The molecule has 0 bridgehead atoms. The van der Waals surface area contributed by atoms with Crippen LogP contribution in [0.5, 0.6) is 0 Å². The smallest absolute Gasteiger partial charge is 0.156 e. The zero-order valence-corrected chi connectivity index (χ0v) is 10.3. The summed E-state index contributed by atoms with van der Waals surface area (Å²) < 4.78 is 0. The molecule has 0 saturated carbocycles. The Morgan fingerprint density at radius 1 is 1.33 bits per heavy atom. The van der Waals surface area contributed by atoms with Crippen LogP contribution in [0, 0.1) is 12.3 Å². The predicted octanol–water partition coefficient (Wildman–Crippen LogP) is 3.83. The first-order valence-corrected chi connectivity index (χ1v) is 6.14. The van der Waals surface area contributed by atoms with Gasteiger partial charge in [-0.3, -0.25) is 4.79 Å². The van der Waals surface area contributed by atoms with Crippen LogP contribution < -0.4 is 0 Å². The van der Waals surface area contributed by atoms with Crippen LogP contribution in [0.1, 0.15) is 37.1 Å². The van der Waals surface area contributed by atoms with Crippen molar-refractivity contribution in [1.82, 2.24) is 0 Å². The zero-order valence-electron chi connectivity index (χ0n) is 9.46. The number of thiophene rings is 1. The molecule has 0 N–H and O–H groups in total. The maximum Gasteiger partial charge on any atom is 0.156 e. The molecule has 1 heterocycles. The molecule has 0 fully saturated rings. The Hall–Kier alpha value is -0.890. The number of aryl methyl sites for hydroxylation is 1. The molecule has 80 valence electrons. The lowest BCUT2D eigenvalue weighted by Gasteiger charge is -2.28. The van der Waals surface area contributed by atoms with E-state index in [1.807, 2.05) is 6.08 Å². The molecule has 0 spiro atoms. The lowest BCUT2D eigenvalue weighted by atomic mass is 9.75. The first kappa shape index (κ1) is 10.6. The highest BCUT2D eigenvalue weighted by molar-refractivity contribution is 7.10. The zero-order chi connectivity index (χ0) is 11.1. The Morgan fingerprint density at radius 3 is 2.60 bits per heavy atom. The molecule has 1 aromatic rings. The standard InChI is InChI=1S/C13H16OS/c1-9-12(4-5-15-9)10-6-11(14)8-13(2,3)7-10/h4-6H,7-8H2,1-3H3. The number of hydrogen-bond acceptors (Lipinski definition) is 2. The second-order valence-corrected chi connectivity index (χ2v) is 6.16. The molecule has 0 atom stereocenters. The lowest BCUT2D eigenvalue weighted by Crippen LogP contribution is -2.21. The first-order valence-electron chi connectivity index (χ1n) is 5.26. The van der Waals surface area contributed by atoms with Crippen molar-refractivity contribution in [2.45, 2.75) is 33.6 Å². The van der Waals surface area contributed by atoms with Gasteiger partial charge in [0.25, 0.3) is 0 Å². The summed E-state index contributed by atoms with van der Waals surface area (Å²) in [6.07, 6.45) is 3.52. The number of ketones is 1. The molecule has 0 saturated heterocycles. The summed E-state index contributed by atoms with van der Waals surface area (Å²) in [6, 6.07) is 2.13. The molecule has 0 unspecified atom stereocenters. The van der Waals surface area contributed by atoms with Gasteiger partial charge in [-0.2, -0.15) is 0 Å². The fraction of sp³-hybridized carbons (Fsp3) is 0.462. The van der Waals surface area contributed by atoms with E-state index in [0.29, 0.717) is 6.42 Å². The van der Waals surface area contributed by atoms with Crippen molar-refractivity contribution >= 4 is 22.7 Å². The fourth-order valence-electron chi connectivity index (χ4n) is 2.24. The van der Waals surface area contributed by atoms with Crippen molar-refractivity contribution in [1.29, 1.82) is 0 Å². The molecule has 1 nitrogen and oxygen atoms in total. The number of carbonyl (C=O) groups is 1. The summed E-state index contributed by atoms with van der Waals surface area (Å²) >= 11 is 1.75. The van der Waals surface area contributed by atoms with Crippen LogP contribution in [0.25, 0.3) is 5.57 Å². The van der Waals surface area contributed by atoms with Crippen LogP contribution in [0.4, 0.5) is 0 Å². The molecule has 15 heavy (non-hydrogen) atoms. The highest BCUT2D eigenvalue weighted by Gasteiger charge is 2.28. The Labute approximate surface area is 94.8 Å². The van der Waals surface area contributed by atoms with Crippen molar-refractivity contribution in [2.75, 3.05) is 0 Å². The van der Waals surface area contributed by atoms with Crippen molar-refractivity contribution in [3.63, 3.8) is 0 Å². The van der Waals surface area contributed by atoms with Gasteiger partial charge in [0, 0.05) is 11.3 Å². The summed E-state index contributed by atoms with van der Waals surface area (Å²) in [5.74, 6) is 0.270. The Kier molecular flexibility index (Phi) is 2.55. The second-order valence-electron chi connectivity index (χ2n) is 5.04. The van der Waals surface area contributed by atoms with E-state index in [0.717, 1.165) is 6.42 Å². The van der Waals surface area contributed by atoms with Gasteiger partial charge >= 0.3 is 0 Å². The Morgan fingerprint density at radius 2 is 2.07 bits per heavy atom. The van der Waals surface area contributed by atoms with E-state index in [-0.39, 0.29) is 11.2 Å². The minimum Gasteiger partial charge on any atom is -0.295 e. The van der Waals surface area contributed by atoms with Crippen LogP contribution in [0.15, 0.2) is 17.5 Å². The molecule has 2 rings (SSSR count). The maximum atomic E-state index is 11.6. The maximum absolute atomic E-state index is 11.6. The Balaban J connectivity index is 2.38. The monoisotopic (exact) mass is 220 g/mol. The van der Waals surface area contributed by atoms with E-state index >= 15 is 0 Å². The van der Waals surface area contributed by atoms with Crippen LogP contribution in [0.3, 0.4) is 0 Å². The predicted molar refractivity (Wildman–Crippen MR) is 65.1 cm³/mol. The normalized spacial score (nSPS) is 20.2. The molecule has 0 aromatic carbocycles. The molecule has 1 aliphatic rings. The van der Waals surface area contributed by atoms with Gasteiger partial charge < -0.3 is 0 Å². The van der Waals surface area contributed by atoms with Crippen LogP contribution in [-0.4, -0.2) is 5.78 Å². The van der Waals surface area contributed by atoms with E-state index in [4.69, 9.17) is 0 Å². The van der Waals surface area contributed by atoms with E-state index < -0.39 is 0 Å². The molecule has 1 aliphatic carbocycles. The summed E-state index contributed by atoms with van der Waals surface area (Å²) in [5.41, 5.74) is 2.60. The van der Waals surface area contributed by atoms with E-state index in [9.17, 15) is 4.79 Å². The average Bonchev–Trinajstić information content (AvgIpc) is 2.47. The molecular weight excluding hydrogens is 204 g/mol. The molecular formula is C13H16OS. The largest absolute Gasteiger partial charge is 0.295 e. The molecule has 0 radical (unpaired) electrons. The topological polar surface area (TPSA) is 17.1 Å². The van der Waals surface area contributed by atoms with Gasteiger partial charge in [-0.05, 0) is 47.4 Å². The van der Waals surface area contributed by atoms with Gasteiger partial charge in [0.1, 0.15) is 0 Å². The van der Waals surface area contributed by atoms with Gasteiger partial charge in [0.05, 0.1) is 0 Å². The van der Waals surface area contributed by atoms with Crippen LogP contribution in [0.2, 0.25) is 0 Å². The van der Waals surface area contributed by atoms with E-state index in [1.165, 1.54) is 16.0 Å². The number of rotatable bonds is 1. The third-order valence-electron chi connectivity index (χ3n) is 2.86. The summed E-state index contributed by atoms with van der Waals surface area (Å²) in [4.78, 5) is 12.9. The van der Waals surface area contributed by atoms with Gasteiger partial charge in [-0.25, -0.2) is 0 Å². The van der Waals surface area contributed by atoms with Crippen molar-refractivity contribution in [3.05, 3.63) is 28.0 Å².